The fraction of sp³-hybridized carbons (Fsp3) is 0.222. The molecule has 0 unspecified atom stereocenters. The lowest BCUT2D eigenvalue weighted by molar-refractivity contribution is -0.118. The number of rotatable bonds is 5. The van der Waals surface area contributed by atoms with Gasteiger partial charge in [0.05, 0.1) is 12.2 Å². The molecule has 0 aliphatic carbocycles. The first-order valence-corrected chi connectivity index (χ1v) is 9.51. The number of amides is 2. The van der Waals surface area contributed by atoms with Crippen LogP contribution in [0.5, 0.6) is 5.75 Å². The second-order valence-corrected chi connectivity index (χ2v) is 7.51. The van der Waals surface area contributed by atoms with Crippen LogP contribution in [0, 0.1) is 0 Å². The highest BCUT2D eigenvalue weighted by atomic mass is 32.2. The predicted molar refractivity (Wildman–Crippen MR) is 95.5 cm³/mol. The van der Waals surface area contributed by atoms with E-state index >= 15 is 0 Å². The van der Waals surface area contributed by atoms with Gasteiger partial charge in [0, 0.05) is 5.69 Å². The van der Waals surface area contributed by atoms with Crippen LogP contribution in [0.25, 0.3) is 0 Å². The van der Waals surface area contributed by atoms with Crippen molar-refractivity contribution in [1.82, 2.24) is 4.31 Å². The lowest BCUT2D eigenvalue weighted by Crippen LogP contribution is -2.45. The highest BCUT2D eigenvalue weighted by molar-refractivity contribution is 7.90. The average molecular weight is 374 g/mol. The third kappa shape index (κ3) is 3.03. The van der Waals surface area contributed by atoms with Crippen molar-refractivity contribution in [3.05, 3.63) is 54.1 Å². The summed E-state index contributed by atoms with van der Waals surface area (Å²) >= 11 is 0. The Labute approximate surface area is 151 Å². The largest absolute Gasteiger partial charge is 0.494 e. The molecule has 0 aromatic heterocycles. The average Bonchev–Trinajstić information content (AvgIpc) is 2.83. The first-order chi connectivity index (χ1) is 12.4. The summed E-state index contributed by atoms with van der Waals surface area (Å²) in [6.45, 7) is 3.77. The van der Waals surface area contributed by atoms with Gasteiger partial charge in [-0.2, -0.15) is 0 Å². The number of hydrogen-bond acceptors (Lipinski definition) is 5. The molecule has 0 bridgehead atoms. The van der Waals surface area contributed by atoms with Crippen LogP contribution in [0.4, 0.5) is 5.69 Å². The maximum atomic E-state index is 12.6. The Kier molecular flexibility index (Phi) is 4.69. The maximum Gasteiger partial charge on any atom is 0.269 e. The first-order valence-electron chi connectivity index (χ1n) is 8.07. The predicted octanol–water partition coefficient (Wildman–Crippen LogP) is 2.26. The zero-order valence-electron chi connectivity index (χ0n) is 14.3. The zero-order valence-corrected chi connectivity index (χ0v) is 15.1. The lowest BCUT2D eigenvalue weighted by atomic mass is 10.2. The van der Waals surface area contributed by atoms with Crippen LogP contribution in [-0.2, 0) is 14.8 Å². The monoisotopic (exact) mass is 374 g/mol. The van der Waals surface area contributed by atoms with Crippen LogP contribution in [-0.4, -0.2) is 37.2 Å². The number of nitrogens with zero attached hydrogens (tertiary/aromatic N) is 1. The SMILES string of the molecule is CCOc1ccc(NC(=O)[C@@H](C)N2C(=O)c3ccccc3S2(=O)=O)cc1. The Hall–Kier alpha value is -2.87. The fourth-order valence-electron chi connectivity index (χ4n) is 2.74. The molecule has 0 radical (unpaired) electrons. The topological polar surface area (TPSA) is 92.8 Å². The lowest BCUT2D eigenvalue weighted by Gasteiger charge is -2.22. The van der Waals surface area contributed by atoms with Crippen molar-refractivity contribution in [2.45, 2.75) is 24.8 Å². The molecule has 1 heterocycles. The summed E-state index contributed by atoms with van der Waals surface area (Å²) in [5.41, 5.74) is 0.556. The number of sulfonamides is 1. The smallest absolute Gasteiger partial charge is 0.269 e. The Balaban J connectivity index is 1.80. The second-order valence-electron chi connectivity index (χ2n) is 5.72. The van der Waals surface area contributed by atoms with Crippen molar-refractivity contribution in [2.75, 3.05) is 11.9 Å². The number of benzene rings is 2. The maximum absolute atomic E-state index is 12.6. The van der Waals surface area contributed by atoms with Crippen molar-refractivity contribution in [1.29, 1.82) is 0 Å². The van der Waals surface area contributed by atoms with E-state index in [-0.39, 0.29) is 10.5 Å². The molecule has 0 fully saturated rings. The van der Waals surface area contributed by atoms with Gasteiger partial charge in [0.1, 0.15) is 16.7 Å². The fourth-order valence-corrected chi connectivity index (χ4v) is 4.46. The van der Waals surface area contributed by atoms with Crippen LogP contribution in [0.2, 0.25) is 0 Å². The quantitative estimate of drug-likeness (QED) is 0.867. The molecular weight excluding hydrogens is 356 g/mol. The van der Waals surface area contributed by atoms with Crippen LogP contribution in [0.1, 0.15) is 24.2 Å². The summed E-state index contributed by atoms with van der Waals surface area (Å²) in [6, 6.07) is 11.4. The van der Waals surface area contributed by atoms with E-state index in [1.807, 2.05) is 6.92 Å². The number of nitrogens with one attached hydrogen (secondary N) is 1. The molecule has 2 aromatic rings. The molecule has 7 nitrogen and oxygen atoms in total. The highest BCUT2D eigenvalue weighted by Crippen LogP contribution is 2.32. The number of hydrogen-bond donors (Lipinski definition) is 1. The minimum atomic E-state index is -4.04. The molecule has 0 saturated carbocycles. The summed E-state index contributed by atoms with van der Waals surface area (Å²) in [6.07, 6.45) is 0. The van der Waals surface area contributed by atoms with Crippen molar-refractivity contribution < 1.29 is 22.7 Å². The molecular formula is C18H18N2O5S. The summed E-state index contributed by atoms with van der Waals surface area (Å²) in [5, 5.41) is 2.62. The molecule has 1 atom stereocenters. The first kappa shape index (κ1) is 17.9. The molecule has 0 saturated heterocycles. The third-order valence-electron chi connectivity index (χ3n) is 4.02. The van der Waals surface area contributed by atoms with Gasteiger partial charge in [-0.1, -0.05) is 12.1 Å². The molecule has 8 heteroatoms. The van der Waals surface area contributed by atoms with E-state index in [1.54, 1.807) is 30.3 Å². The number of carbonyl (C=O) groups excluding carboxylic acids is 2. The normalized spacial score (nSPS) is 16.1. The van der Waals surface area contributed by atoms with Crippen molar-refractivity contribution >= 4 is 27.5 Å². The van der Waals surface area contributed by atoms with Crippen LogP contribution < -0.4 is 10.1 Å². The van der Waals surface area contributed by atoms with Gasteiger partial charge >= 0.3 is 0 Å². The van der Waals surface area contributed by atoms with Gasteiger partial charge < -0.3 is 10.1 Å². The summed E-state index contributed by atoms with van der Waals surface area (Å²) in [4.78, 5) is 24.9. The minimum absolute atomic E-state index is 0.0771. The number of fused-ring (bicyclic) bond motifs is 1. The Bertz CT molecular complexity index is 954. The molecule has 2 amide bonds. The van der Waals surface area contributed by atoms with Crippen molar-refractivity contribution in [3.8, 4) is 5.75 Å². The van der Waals surface area contributed by atoms with Gasteiger partial charge in [-0.3, -0.25) is 9.59 Å². The summed E-state index contributed by atoms with van der Waals surface area (Å²) < 4.78 is 31.2. The molecule has 0 spiro atoms. The molecule has 2 aromatic carbocycles. The second kappa shape index (κ2) is 6.80. The van der Waals surface area contributed by atoms with E-state index in [2.05, 4.69) is 5.32 Å². The van der Waals surface area contributed by atoms with E-state index < -0.39 is 27.9 Å². The van der Waals surface area contributed by atoms with Gasteiger partial charge in [-0.05, 0) is 50.2 Å². The number of anilines is 1. The van der Waals surface area contributed by atoms with Gasteiger partial charge in [0.15, 0.2) is 0 Å². The van der Waals surface area contributed by atoms with Gasteiger partial charge in [-0.25, -0.2) is 12.7 Å². The van der Waals surface area contributed by atoms with Gasteiger partial charge in [-0.15, -0.1) is 0 Å². The zero-order chi connectivity index (χ0) is 18.9. The number of ether oxygens (including phenoxy) is 1. The molecule has 1 aliphatic rings. The van der Waals surface area contributed by atoms with Gasteiger partial charge in [0.2, 0.25) is 5.91 Å². The highest BCUT2D eigenvalue weighted by Gasteiger charge is 2.45. The Morgan fingerprint density at radius 1 is 1.15 bits per heavy atom. The van der Waals surface area contributed by atoms with Crippen LogP contribution >= 0.6 is 0 Å². The van der Waals surface area contributed by atoms with Gasteiger partial charge in [0.25, 0.3) is 15.9 Å². The number of carbonyl (C=O) groups is 2. The van der Waals surface area contributed by atoms with E-state index in [1.165, 1.54) is 25.1 Å². The minimum Gasteiger partial charge on any atom is -0.494 e. The van der Waals surface area contributed by atoms with Crippen LogP contribution in [0.15, 0.2) is 53.4 Å². The summed E-state index contributed by atoms with van der Waals surface area (Å²) in [5.74, 6) is -0.639. The molecule has 26 heavy (non-hydrogen) atoms. The molecule has 1 aliphatic heterocycles. The standard InChI is InChI=1S/C18H18N2O5S/c1-3-25-14-10-8-13(9-11-14)19-17(21)12(2)20-18(22)15-6-4-5-7-16(15)26(20,23)24/h4-12H,3H2,1-2H3,(H,19,21)/t12-/m1/s1. The third-order valence-corrected chi connectivity index (χ3v) is 5.93. The Morgan fingerprint density at radius 2 is 1.81 bits per heavy atom. The van der Waals surface area contributed by atoms with Crippen molar-refractivity contribution in [3.63, 3.8) is 0 Å². The van der Waals surface area contributed by atoms with E-state index in [4.69, 9.17) is 4.74 Å². The summed E-state index contributed by atoms with van der Waals surface area (Å²) in [7, 11) is -4.04. The van der Waals surface area contributed by atoms with E-state index in [0.29, 0.717) is 22.3 Å². The van der Waals surface area contributed by atoms with Crippen LogP contribution in [0.3, 0.4) is 0 Å². The van der Waals surface area contributed by atoms with E-state index in [0.717, 1.165) is 0 Å². The van der Waals surface area contributed by atoms with Crippen molar-refractivity contribution in [2.24, 2.45) is 0 Å². The molecule has 1 N–H and O–H groups in total. The molecule has 136 valence electrons. The molecule has 3 rings (SSSR count). The Morgan fingerprint density at radius 3 is 2.42 bits per heavy atom. The van der Waals surface area contributed by atoms with E-state index in [9.17, 15) is 18.0 Å².